The van der Waals surface area contributed by atoms with E-state index in [1.54, 1.807) is 0 Å². The highest BCUT2D eigenvalue weighted by Gasteiger charge is 2.32. The maximum absolute atomic E-state index is 12.3. The van der Waals surface area contributed by atoms with Crippen molar-refractivity contribution < 1.29 is 35.8 Å². The van der Waals surface area contributed by atoms with Crippen molar-refractivity contribution in [1.29, 1.82) is 0 Å². The molecule has 11 heteroatoms. The molecule has 0 unspecified atom stereocenters. The Morgan fingerprint density at radius 3 is 1.17 bits per heavy atom. The van der Waals surface area contributed by atoms with E-state index in [2.05, 4.69) is 41.3 Å². The van der Waals surface area contributed by atoms with Crippen molar-refractivity contribution >= 4 is 43.2 Å². The van der Waals surface area contributed by atoms with Gasteiger partial charge in [0.15, 0.2) is 0 Å². The molecule has 0 aliphatic carbocycles. The van der Waals surface area contributed by atoms with Gasteiger partial charge in [-0.25, -0.2) is 0 Å². The predicted molar refractivity (Wildman–Crippen MR) is 104 cm³/mol. The van der Waals surface area contributed by atoms with E-state index in [9.17, 15) is 26.3 Å². The van der Waals surface area contributed by atoms with Crippen LogP contribution in [0.2, 0.25) is 0 Å². The smallest absolute Gasteiger partial charge is 0.406 e. The predicted octanol–water partition coefficient (Wildman–Crippen LogP) is 8.40. The standard InChI is InChI=1S/C18H8Br2F6O2S/c19-13-14(20)16(10-3-7-12(8-4-10)28-18(24,25)26)29-15(13)9-1-5-11(6-2-9)27-17(21,22)23/h1-8H. The molecule has 0 radical (unpaired) electrons. The Labute approximate surface area is 181 Å². The minimum atomic E-state index is -4.77. The van der Waals surface area contributed by atoms with Crippen molar-refractivity contribution in [3.8, 4) is 32.4 Å². The molecule has 0 aliphatic heterocycles. The normalized spacial score (nSPS) is 12.1. The van der Waals surface area contributed by atoms with Crippen LogP contribution in [0.3, 0.4) is 0 Å². The number of ether oxygens (including phenoxy) is 2. The molecule has 1 heterocycles. The van der Waals surface area contributed by atoms with Gasteiger partial charge in [0.1, 0.15) is 11.5 Å². The maximum Gasteiger partial charge on any atom is 0.573 e. The van der Waals surface area contributed by atoms with Crippen molar-refractivity contribution in [1.82, 2.24) is 0 Å². The molecule has 0 amide bonds. The SMILES string of the molecule is FC(F)(F)Oc1ccc(-c2sc(-c3ccc(OC(F)(F)F)cc3)c(Br)c2Br)cc1. The van der Waals surface area contributed by atoms with Gasteiger partial charge in [-0.05, 0) is 91.5 Å². The highest BCUT2D eigenvalue weighted by molar-refractivity contribution is 9.13. The van der Waals surface area contributed by atoms with Crippen molar-refractivity contribution in [2.45, 2.75) is 12.7 Å². The Morgan fingerprint density at radius 1 is 0.586 bits per heavy atom. The summed E-state index contributed by atoms with van der Waals surface area (Å²) in [6, 6.07) is 10.7. The van der Waals surface area contributed by atoms with Gasteiger partial charge < -0.3 is 9.47 Å². The fourth-order valence-electron chi connectivity index (χ4n) is 2.38. The number of halogens is 8. The molecule has 3 aromatic rings. The first-order chi connectivity index (χ1) is 13.4. The van der Waals surface area contributed by atoms with Crippen molar-refractivity contribution in [3.05, 3.63) is 57.5 Å². The van der Waals surface area contributed by atoms with E-state index in [-0.39, 0.29) is 11.5 Å². The Morgan fingerprint density at radius 2 is 0.897 bits per heavy atom. The number of benzene rings is 2. The topological polar surface area (TPSA) is 18.5 Å². The van der Waals surface area contributed by atoms with Crippen LogP contribution in [0.25, 0.3) is 20.9 Å². The van der Waals surface area contributed by atoms with Crippen LogP contribution < -0.4 is 9.47 Å². The molecule has 0 spiro atoms. The molecule has 3 rings (SSSR count). The van der Waals surface area contributed by atoms with Gasteiger partial charge in [-0.3, -0.25) is 0 Å². The zero-order valence-electron chi connectivity index (χ0n) is 13.9. The maximum atomic E-state index is 12.3. The average molecular weight is 562 g/mol. The summed E-state index contributed by atoms with van der Waals surface area (Å²) >= 11 is 8.18. The second-order valence-corrected chi connectivity index (χ2v) is 8.14. The third-order valence-electron chi connectivity index (χ3n) is 3.50. The number of alkyl halides is 6. The van der Waals surface area contributed by atoms with E-state index < -0.39 is 12.7 Å². The molecule has 1 aromatic heterocycles. The lowest BCUT2D eigenvalue weighted by molar-refractivity contribution is -0.275. The summed E-state index contributed by atoms with van der Waals surface area (Å²) in [6.07, 6.45) is -9.55. The van der Waals surface area contributed by atoms with Crippen LogP contribution in [-0.4, -0.2) is 12.7 Å². The lowest BCUT2D eigenvalue weighted by atomic mass is 10.1. The molecule has 0 atom stereocenters. The molecule has 0 saturated heterocycles. The Hall–Kier alpha value is -1.72. The first kappa shape index (κ1) is 22.0. The minimum absolute atomic E-state index is 0.339. The fraction of sp³-hybridized carbons (Fsp3) is 0.111. The first-order valence-electron chi connectivity index (χ1n) is 7.63. The van der Waals surface area contributed by atoms with Gasteiger partial charge in [0.25, 0.3) is 0 Å². The van der Waals surface area contributed by atoms with Crippen LogP contribution in [-0.2, 0) is 0 Å². The van der Waals surface area contributed by atoms with E-state index in [0.717, 1.165) is 9.75 Å². The third kappa shape index (κ3) is 5.67. The summed E-state index contributed by atoms with van der Waals surface area (Å²) in [7, 11) is 0. The molecule has 2 nitrogen and oxygen atoms in total. The van der Waals surface area contributed by atoms with Gasteiger partial charge in [0.05, 0.1) is 18.7 Å². The zero-order valence-corrected chi connectivity index (χ0v) is 17.9. The molecular formula is C18H8Br2F6O2S. The zero-order chi connectivity index (χ0) is 21.4. The Kier molecular flexibility index (Phi) is 6.21. The molecule has 0 N–H and O–H groups in total. The number of rotatable bonds is 4. The molecule has 0 saturated carbocycles. The highest BCUT2D eigenvalue weighted by atomic mass is 79.9. The molecular weight excluding hydrogens is 554 g/mol. The van der Waals surface area contributed by atoms with Crippen LogP contribution in [0.15, 0.2) is 57.5 Å². The summed E-state index contributed by atoms with van der Waals surface area (Å²) in [4.78, 5) is 1.45. The highest BCUT2D eigenvalue weighted by Crippen LogP contribution is 2.48. The Balaban J connectivity index is 1.88. The molecule has 0 aliphatic rings. The summed E-state index contributed by atoms with van der Waals surface area (Å²) in [5, 5.41) is 0. The van der Waals surface area contributed by atoms with Crippen LogP contribution >= 0.6 is 43.2 Å². The monoisotopic (exact) mass is 560 g/mol. The molecule has 29 heavy (non-hydrogen) atoms. The van der Waals surface area contributed by atoms with Crippen molar-refractivity contribution in [2.75, 3.05) is 0 Å². The summed E-state index contributed by atoms with van der Waals surface area (Å²) in [6.45, 7) is 0. The molecule has 154 valence electrons. The quantitative estimate of drug-likeness (QED) is 0.298. The second kappa shape index (κ2) is 8.19. The van der Waals surface area contributed by atoms with Crippen LogP contribution in [0.1, 0.15) is 0 Å². The van der Waals surface area contributed by atoms with Gasteiger partial charge in [-0.2, -0.15) is 0 Å². The third-order valence-corrected chi connectivity index (χ3v) is 7.43. The van der Waals surface area contributed by atoms with Crippen LogP contribution in [0, 0.1) is 0 Å². The number of hydrogen-bond acceptors (Lipinski definition) is 3. The van der Waals surface area contributed by atoms with Crippen molar-refractivity contribution in [3.63, 3.8) is 0 Å². The second-order valence-electron chi connectivity index (χ2n) is 5.53. The van der Waals surface area contributed by atoms with Gasteiger partial charge >= 0.3 is 12.7 Å². The van der Waals surface area contributed by atoms with Crippen molar-refractivity contribution in [2.24, 2.45) is 0 Å². The summed E-state index contributed by atoms with van der Waals surface area (Å²) < 4.78 is 82.8. The molecule has 2 aromatic carbocycles. The van der Waals surface area contributed by atoms with Crippen LogP contribution in [0.4, 0.5) is 26.3 Å². The van der Waals surface area contributed by atoms with E-state index in [1.165, 1.54) is 59.9 Å². The first-order valence-corrected chi connectivity index (χ1v) is 10.0. The average Bonchev–Trinajstić information content (AvgIpc) is 2.89. The van der Waals surface area contributed by atoms with Gasteiger partial charge in [-0.15, -0.1) is 37.7 Å². The fourth-order valence-corrected chi connectivity index (χ4v) is 5.08. The van der Waals surface area contributed by atoms with E-state index in [4.69, 9.17) is 0 Å². The Bertz CT molecular complexity index is 915. The van der Waals surface area contributed by atoms with Gasteiger partial charge in [0.2, 0.25) is 0 Å². The van der Waals surface area contributed by atoms with E-state index >= 15 is 0 Å². The largest absolute Gasteiger partial charge is 0.573 e. The lowest BCUT2D eigenvalue weighted by Gasteiger charge is -2.09. The van der Waals surface area contributed by atoms with Crippen LogP contribution in [0.5, 0.6) is 11.5 Å². The molecule has 0 bridgehead atoms. The minimum Gasteiger partial charge on any atom is -0.406 e. The number of hydrogen-bond donors (Lipinski definition) is 0. The van der Waals surface area contributed by atoms with Gasteiger partial charge in [-0.1, -0.05) is 0 Å². The number of thiophene rings is 1. The van der Waals surface area contributed by atoms with E-state index in [1.807, 2.05) is 0 Å². The summed E-state index contributed by atoms with van der Waals surface area (Å²) in [5.41, 5.74) is 1.28. The van der Waals surface area contributed by atoms with E-state index in [0.29, 0.717) is 20.1 Å². The van der Waals surface area contributed by atoms with Gasteiger partial charge in [0, 0.05) is 0 Å². The summed E-state index contributed by atoms with van der Waals surface area (Å²) in [5.74, 6) is -0.679. The lowest BCUT2D eigenvalue weighted by Crippen LogP contribution is -2.16. The molecule has 0 fully saturated rings.